The van der Waals surface area contributed by atoms with Crippen molar-refractivity contribution in [3.63, 3.8) is 0 Å². The molecule has 2 aromatic carbocycles. The number of methoxy groups -OCH3 is 1. The number of esters is 2. The molecule has 1 heterocycles. The number of carbonyl (C=O) groups excluding carboxylic acids is 3. The van der Waals surface area contributed by atoms with E-state index < -0.39 is 24.5 Å². The molecule has 10 heteroatoms. The van der Waals surface area contributed by atoms with Crippen molar-refractivity contribution in [1.82, 2.24) is 10.1 Å². The second-order valence-corrected chi connectivity index (χ2v) is 7.19. The highest BCUT2D eigenvalue weighted by Crippen LogP contribution is 2.19. The van der Waals surface area contributed by atoms with Gasteiger partial charge < -0.3 is 19.3 Å². The largest absolute Gasteiger partial charge is 0.465 e. The average Bonchev–Trinajstić information content (AvgIpc) is 3.26. The first kappa shape index (κ1) is 23.0. The van der Waals surface area contributed by atoms with Gasteiger partial charge >= 0.3 is 11.9 Å². The van der Waals surface area contributed by atoms with E-state index in [2.05, 4.69) is 20.2 Å². The summed E-state index contributed by atoms with van der Waals surface area (Å²) in [5.41, 5.74) is 2.19. The van der Waals surface area contributed by atoms with E-state index in [9.17, 15) is 14.4 Å². The molecule has 0 radical (unpaired) electrons. The van der Waals surface area contributed by atoms with E-state index in [1.807, 2.05) is 0 Å². The number of halogens is 1. The number of ether oxygens (including phenoxy) is 2. The summed E-state index contributed by atoms with van der Waals surface area (Å²) in [5, 5.41) is 7.07. The van der Waals surface area contributed by atoms with Gasteiger partial charge in [0.25, 0.3) is 5.91 Å². The molecule has 0 saturated heterocycles. The number of amides is 1. The highest BCUT2D eigenvalue weighted by atomic mass is 35.5. The molecule has 1 amide bonds. The van der Waals surface area contributed by atoms with Crippen molar-refractivity contribution in [2.75, 3.05) is 19.0 Å². The van der Waals surface area contributed by atoms with Gasteiger partial charge in [0.1, 0.15) is 0 Å². The van der Waals surface area contributed by atoms with Crippen LogP contribution in [-0.2, 0) is 25.5 Å². The SMILES string of the molecule is COC(=O)c1ccc(C)c(NC(=O)COC(=O)CCc2nc(-c3ccc(Cl)cc3)no2)c1. The quantitative estimate of drug-likeness (QED) is 0.509. The number of aryl methyl sites for hydroxylation is 2. The third-order valence-electron chi connectivity index (χ3n) is 4.41. The van der Waals surface area contributed by atoms with Gasteiger partial charge in [-0.05, 0) is 48.9 Å². The molecule has 0 saturated carbocycles. The second-order valence-electron chi connectivity index (χ2n) is 6.75. The Morgan fingerprint density at radius 2 is 1.88 bits per heavy atom. The summed E-state index contributed by atoms with van der Waals surface area (Å²) in [6.07, 6.45) is 0.133. The molecular weight excluding hydrogens is 438 g/mol. The molecule has 0 aliphatic heterocycles. The minimum absolute atomic E-state index is 0.0353. The number of nitrogens with zero attached hydrogens (tertiary/aromatic N) is 2. The summed E-state index contributed by atoms with van der Waals surface area (Å²) in [7, 11) is 1.27. The first-order valence-electron chi connectivity index (χ1n) is 9.58. The van der Waals surface area contributed by atoms with Crippen LogP contribution in [0.3, 0.4) is 0 Å². The number of hydrogen-bond acceptors (Lipinski definition) is 8. The fourth-order valence-corrected chi connectivity index (χ4v) is 2.81. The number of nitrogens with one attached hydrogen (secondary N) is 1. The van der Waals surface area contributed by atoms with E-state index in [0.29, 0.717) is 22.1 Å². The Morgan fingerprint density at radius 3 is 2.59 bits per heavy atom. The Balaban J connectivity index is 1.47. The number of hydrogen-bond donors (Lipinski definition) is 1. The van der Waals surface area contributed by atoms with E-state index >= 15 is 0 Å². The van der Waals surface area contributed by atoms with Crippen LogP contribution >= 0.6 is 11.6 Å². The molecule has 0 unspecified atom stereocenters. The fourth-order valence-electron chi connectivity index (χ4n) is 2.69. The fraction of sp³-hybridized carbons (Fsp3) is 0.227. The topological polar surface area (TPSA) is 121 Å². The van der Waals surface area contributed by atoms with Gasteiger partial charge in [-0.1, -0.05) is 22.8 Å². The summed E-state index contributed by atoms with van der Waals surface area (Å²) in [6.45, 7) is 1.30. The average molecular weight is 458 g/mol. The lowest BCUT2D eigenvalue weighted by Gasteiger charge is -2.10. The molecule has 1 N–H and O–H groups in total. The Morgan fingerprint density at radius 1 is 1.12 bits per heavy atom. The molecule has 0 spiro atoms. The maximum Gasteiger partial charge on any atom is 0.337 e. The van der Waals surface area contributed by atoms with Crippen LogP contribution in [0.1, 0.15) is 28.2 Å². The van der Waals surface area contributed by atoms with Crippen molar-refractivity contribution in [1.29, 1.82) is 0 Å². The number of carbonyl (C=O) groups is 3. The van der Waals surface area contributed by atoms with E-state index in [0.717, 1.165) is 11.1 Å². The summed E-state index contributed by atoms with van der Waals surface area (Å²) >= 11 is 5.86. The minimum Gasteiger partial charge on any atom is -0.465 e. The van der Waals surface area contributed by atoms with Crippen molar-refractivity contribution in [2.45, 2.75) is 19.8 Å². The first-order valence-corrected chi connectivity index (χ1v) is 9.96. The van der Waals surface area contributed by atoms with E-state index in [-0.39, 0.29) is 18.7 Å². The van der Waals surface area contributed by atoms with E-state index in [4.69, 9.17) is 20.9 Å². The Kier molecular flexibility index (Phi) is 7.56. The van der Waals surface area contributed by atoms with Gasteiger partial charge in [0.15, 0.2) is 6.61 Å². The third-order valence-corrected chi connectivity index (χ3v) is 4.66. The first-order chi connectivity index (χ1) is 15.4. The second kappa shape index (κ2) is 10.5. The number of anilines is 1. The van der Waals surface area contributed by atoms with Crippen molar-refractivity contribution in [3.05, 3.63) is 64.5 Å². The van der Waals surface area contributed by atoms with Crippen LogP contribution in [-0.4, -0.2) is 41.7 Å². The lowest BCUT2D eigenvalue weighted by Crippen LogP contribution is -2.21. The van der Waals surface area contributed by atoms with Gasteiger partial charge in [-0.15, -0.1) is 0 Å². The van der Waals surface area contributed by atoms with Crippen molar-refractivity contribution < 1.29 is 28.4 Å². The Hall–Kier alpha value is -3.72. The van der Waals surface area contributed by atoms with Gasteiger partial charge in [-0.25, -0.2) is 4.79 Å². The molecule has 1 aromatic heterocycles. The molecule has 166 valence electrons. The van der Waals surface area contributed by atoms with Crippen LogP contribution in [0.2, 0.25) is 5.02 Å². The Bertz CT molecular complexity index is 1130. The van der Waals surface area contributed by atoms with Crippen LogP contribution in [0.15, 0.2) is 47.0 Å². The molecule has 3 rings (SSSR count). The van der Waals surface area contributed by atoms with E-state index in [1.165, 1.54) is 13.2 Å². The highest BCUT2D eigenvalue weighted by Gasteiger charge is 2.14. The highest BCUT2D eigenvalue weighted by molar-refractivity contribution is 6.30. The summed E-state index contributed by atoms with van der Waals surface area (Å²) in [6, 6.07) is 11.7. The molecule has 0 aliphatic rings. The van der Waals surface area contributed by atoms with Crippen LogP contribution in [0.5, 0.6) is 0 Å². The van der Waals surface area contributed by atoms with Crippen molar-refractivity contribution >= 4 is 35.1 Å². The Labute approximate surface area is 188 Å². The van der Waals surface area contributed by atoms with Crippen LogP contribution < -0.4 is 5.32 Å². The molecule has 32 heavy (non-hydrogen) atoms. The van der Waals surface area contributed by atoms with Gasteiger partial charge in [0, 0.05) is 22.7 Å². The minimum atomic E-state index is -0.591. The molecule has 9 nitrogen and oxygen atoms in total. The zero-order valence-corrected chi connectivity index (χ0v) is 18.1. The van der Waals surface area contributed by atoms with Crippen LogP contribution in [0, 0.1) is 6.92 Å². The molecule has 0 aliphatic carbocycles. The zero-order valence-electron chi connectivity index (χ0n) is 17.4. The predicted molar refractivity (Wildman–Crippen MR) is 115 cm³/mol. The molecular formula is C22H20ClN3O6. The standard InChI is InChI=1S/C22H20ClN3O6/c1-13-3-4-15(22(29)30-2)11-17(13)24-18(27)12-31-20(28)10-9-19-25-21(26-32-19)14-5-7-16(23)8-6-14/h3-8,11H,9-10,12H2,1-2H3,(H,24,27). The summed E-state index contributed by atoms with van der Waals surface area (Å²) < 4.78 is 14.8. The number of rotatable bonds is 8. The van der Waals surface area contributed by atoms with Gasteiger partial charge in [-0.2, -0.15) is 4.98 Å². The smallest absolute Gasteiger partial charge is 0.337 e. The van der Waals surface area contributed by atoms with Crippen molar-refractivity contribution in [3.8, 4) is 11.4 Å². The number of benzene rings is 2. The number of aromatic nitrogens is 2. The maximum absolute atomic E-state index is 12.1. The van der Waals surface area contributed by atoms with Gasteiger partial charge in [0.05, 0.1) is 19.1 Å². The predicted octanol–water partition coefficient (Wildman–Crippen LogP) is 3.60. The van der Waals surface area contributed by atoms with Crippen molar-refractivity contribution in [2.24, 2.45) is 0 Å². The van der Waals surface area contributed by atoms with Crippen LogP contribution in [0.4, 0.5) is 5.69 Å². The lowest BCUT2D eigenvalue weighted by molar-refractivity contribution is -0.147. The molecule has 0 atom stereocenters. The zero-order chi connectivity index (χ0) is 23.1. The van der Waals surface area contributed by atoms with Gasteiger partial charge in [-0.3, -0.25) is 9.59 Å². The monoisotopic (exact) mass is 457 g/mol. The lowest BCUT2D eigenvalue weighted by atomic mass is 10.1. The van der Waals surface area contributed by atoms with Gasteiger partial charge in [0.2, 0.25) is 11.7 Å². The third kappa shape index (κ3) is 6.14. The van der Waals surface area contributed by atoms with E-state index in [1.54, 1.807) is 43.3 Å². The molecule has 0 fully saturated rings. The summed E-state index contributed by atoms with van der Waals surface area (Å²) in [5.74, 6) is -0.995. The van der Waals surface area contributed by atoms with Crippen LogP contribution in [0.25, 0.3) is 11.4 Å². The molecule has 0 bridgehead atoms. The normalized spacial score (nSPS) is 10.5. The molecule has 3 aromatic rings. The maximum atomic E-state index is 12.1. The summed E-state index contributed by atoms with van der Waals surface area (Å²) in [4.78, 5) is 40.0.